The number of aromatic amines is 1. The summed E-state index contributed by atoms with van der Waals surface area (Å²) in [7, 11) is 0. The van der Waals surface area contributed by atoms with Gasteiger partial charge in [-0.3, -0.25) is 9.36 Å². The van der Waals surface area contributed by atoms with Gasteiger partial charge in [0.2, 0.25) is 0 Å². The van der Waals surface area contributed by atoms with Crippen molar-refractivity contribution in [3.63, 3.8) is 0 Å². The van der Waals surface area contributed by atoms with Crippen LogP contribution >= 0.6 is 12.2 Å². The van der Waals surface area contributed by atoms with Crippen LogP contribution in [0.4, 0.5) is 13.2 Å². The van der Waals surface area contributed by atoms with E-state index in [1.807, 2.05) is 24.3 Å². The second kappa shape index (κ2) is 5.10. The van der Waals surface area contributed by atoms with Gasteiger partial charge in [0.05, 0.1) is 5.69 Å². The largest absolute Gasteiger partial charge is 0.431 e. The van der Waals surface area contributed by atoms with E-state index in [0.717, 1.165) is 15.3 Å². The number of rotatable bonds is 1. The molecule has 2 aromatic carbocycles. The molecular formula is C15H9F3N2OS. The van der Waals surface area contributed by atoms with Gasteiger partial charge in [-0.2, -0.15) is 13.2 Å². The number of H-pyrrole nitrogens is 1. The van der Waals surface area contributed by atoms with Crippen LogP contribution in [0.1, 0.15) is 5.69 Å². The monoisotopic (exact) mass is 322 g/mol. The van der Waals surface area contributed by atoms with E-state index in [-0.39, 0.29) is 4.77 Å². The molecule has 0 aliphatic carbocycles. The molecule has 3 rings (SSSR count). The molecule has 0 aliphatic rings. The van der Waals surface area contributed by atoms with Crippen LogP contribution in [0.25, 0.3) is 16.5 Å². The minimum absolute atomic E-state index is 0.296. The van der Waals surface area contributed by atoms with Crippen molar-refractivity contribution in [2.75, 3.05) is 0 Å². The lowest BCUT2D eigenvalue weighted by Crippen LogP contribution is -2.23. The maximum atomic E-state index is 12.7. The summed E-state index contributed by atoms with van der Waals surface area (Å²) in [5.41, 5.74) is -1.57. The fourth-order valence-corrected chi connectivity index (χ4v) is 2.51. The Morgan fingerprint density at radius 3 is 2.32 bits per heavy atom. The van der Waals surface area contributed by atoms with Crippen LogP contribution in [0.15, 0.2) is 53.3 Å². The van der Waals surface area contributed by atoms with E-state index in [1.165, 1.54) is 0 Å². The average molecular weight is 322 g/mol. The Kier molecular flexibility index (Phi) is 3.37. The van der Waals surface area contributed by atoms with Crippen molar-refractivity contribution >= 4 is 23.0 Å². The zero-order chi connectivity index (χ0) is 15.9. The van der Waals surface area contributed by atoms with Crippen LogP contribution in [0.3, 0.4) is 0 Å². The predicted octanol–water partition coefficient (Wildman–Crippen LogP) is 4.07. The Bertz CT molecular complexity index is 941. The average Bonchev–Trinajstić information content (AvgIpc) is 2.45. The highest BCUT2D eigenvalue weighted by molar-refractivity contribution is 7.71. The van der Waals surface area contributed by atoms with Gasteiger partial charge in [-0.25, -0.2) is 0 Å². The molecule has 0 fully saturated rings. The van der Waals surface area contributed by atoms with Crippen LogP contribution in [0.5, 0.6) is 0 Å². The Balaban J connectivity index is 2.23. The molecule has 0 saturated heterocycles. The highest BCUT2D eigenvalue weighted by atomic mass is 32.1. The fourth-order valence-electron chi connectivity index (χ4n) is 2.21. The first-order valence-electron chi connectivity index (χ1n) is 6.29. The van der Waals surface area contributed by atoms with E-state index in [1.54, 1.807) is 18.2 Å². The van der Waals surface area contributed by atoms with Crippen molar-refractivity contribution in [3.8, 4) is 5.69 Å². The molecule has 3 nitrogen and oxygen atoms in total. The maximum absolute atomic E-state index is 12.7. The van der Waals surface area contributed by atoms with Gasteiger partial charge in [0, 0.05) is 6.07 Å². The molecule has 0 aliphatic heterocycles. The molecule has 22 heavy (non-hydrogen) atoms. The normalized spacial score (nSPS) is 11.8. The molecule has 0 bridgehead atoms. The summed E-state index contributed by atoms with van der Waals surface area (Å²) in [5.74, 6) is 0. The van der Waals surface area contributed by atoms with Gasteiger partial charge in [-0.1, -0.05) is 30.3 Å². The van der Waals surface area contributed by atoms with E-state index >= 15 is 0 Å². The van der Waals surface area contributed by atoms with E-state index in [9.17, 15) is 18.0 Å². The molecule has 0 unspecified atom stereocenters. The van der Waals surface area contributed by atoms with Crippen LogP contribution in [-0.4, -0.2) is 9.55 Å². The Morgan fingerprint density at radius 1 is 1.00 bits per heavy atom. The number of nitrogens with one attached hydrogen (secondary N) is 1. The molecule has 112 valence electrons. The van der Waals surface area contributed by atoms with E-state index < -0.39 is 17.4 Å². The third-order valence-electron chi connectivity index (χ3n) is 3.23. The molecule has 0 atom stereocenters. The summed E-state index contributed by atoms with van der Waals surface area (Å²) in [6.45, 7) is 0. The number of benzene rings is 2. The van der Waals surface area contributed by atoms with Crippen LogP contribution < -0.4 is 5.56 Å². The Morgan fingerprint density at radius 2 is 1.68 bits per heavy atom. The van der Waals surface area contributed by atoms with Crippen molar-refractivity contribution < 1.29 is 13.2 Å². The topological polar surface area (TPSA) is 37.8 Å². The second-order valence-electron chi connectivity index (χ2n) is 4.69. The van der Waals surface area contributed by atoms with Crippen molar-refractivity contribution in [1.29, 1.82) is 0 Å². The number of nitrogens with zero attached hydrogens (tertiary/aromatic N) is 1. The number of alkyl halides is 3. The van der Waals surface area contributed by atoms with Crippen LogP contribution in [0.2, 0.25) is 0 Å². The van der Waals surface area contributed by atoms with Crippen molar-refractivity contribution in [3.05, 3.63) is 69.3 Å². The van der Waals surface area contributed by atoms with E-state index in [0.29, 0.717) is 11.8 Å². The maximum Gasteiger partial charge on any atom is 0.431 e. The lowest BCUT2D eigenvalue weighted by atomic mass is 10.1. The first kappa shape index (κ1) is 14.5. The number of aromatic nitrogens is 2. The zero-order valence-electron chi connectivity index (χ0n) is 11.0. The molecule has 1 N–H and O–H groups in total. The smallest absolute Gasteiger partial charge is 0.328 e. The molecule has 0 spiro atoms. The zero-order valence-corrected chi connectivity index (χ0v) is 11.8. The summed E-state index contributed by atoms with van der Waals surface area (Å²) in [6.07, 6.45) is -4.64. The molecule has 3 aromatic rings. The van der Waals surface area contributed by atoms with Crippen LogP contribution in [0, 0.1) is 4.77 Å². The second-order valence-corrected chi connectivity index (χ2v) is 5.08. The van der Waals surface area contributed by atoms with Gasteiger partial charge in [0.25, 0.3) is 5.56 Å². The van der Waals surface area contributed by atoms with Crippen molar-refractivity contribution in [2.24, 2.45) is 0 Å². The lowest BCUT2D eigenvalue weighted by molar-refractivity contribution is -0.141. The van der Waals surface area contributed by atoms with Crippen molar-refractivity contribution in [2.45, 2.75) is 6.18 Å². The molecule has 1 heterocycles. The van der Waals surface area contributed by atoms with E-state index in [4.69, 9.17) is 12.2 Å². The molecule has 0 saturated carbocycles. The molecule has 0 radical (unpaired) electrons. The number of fused-ring (bicyclic) bond motifs is 1. The van der Waals surface area contributed by atoms with Crippen molar-refractivity contribution in [1.82, 2.24) is 9.55 Å². The molecule has 1 aromatic heterocycles. The molecule has 0 amide bonds. The number of halogens is 3. The summed E-state index contributed by atoms with van der Waals surface area (Å²) in [6, 6.07) is 13.1. The molecular weight excluding hydrogens is 313 g/mol. The number of hydrogen-bond donors (Lipinski definition) is 1. The minimum atomic E-state index is -4.64. The standard InChI is InChI=1S/C15H9F3N2OS/c16-15(17,18)12-8-13(21)20(14(22)19-12)11-6-5-9-3-1-2-4-10(9)7-11/h1-8H,(H,19,22). The van der Waals surface area contributed by atoms with Gasteiger partial charge in [-0.15, -0.1) is 0 Å². The number of hydrogen-bond acceptors (Lipinski definition) is 2. The van der Waals surface area contributed by atoms with Gasteiger partial charge in [-0.05, 0) is 35.1 Å². The van der Waals surface area contributed by atoms with Gasteiger partial charge in [0.15, 0.2) is 4.77 Å². The third-order valence-corrected chi connectivity index (χ3v) is 3.51. The highest BCUT2D eigenvalue weighted by Gasteiger charge is 2.32. The summed E-state index contributed by atoms with van der Waals surface area (Å²) in [4.78, 5) is 14.1. The first-order chi connectivity index (χ1) is 10.4. The SMILES string of the molecule is O=c1cc(C(F)(F)F)[nH]c(=S)n1-c1ccc2ccccc2c1. The lowest BCUT2D eigenvalue weighted by Gasteiger charge is -2.11. The summed E-state index contributed by atoms with van der Waals surface area (Å²) >= 11 is 4.91. The molecule has 7 heteroatoms. The fraction of sp³-hybridized carbons (Fsp3) is 0.0667. The third kappa shape index (κ3) is 2.55. The van der Waals surface area contributed by atoms with Crippen LogP contribution in [-0.2, 0) is 6.18 Å². The van der Waals surface area contributed by atoms with Gasteiger partial charge < -0.3 is 4.98 Å². The predicted molar refractivity (Wildman–Crippen MR) is 79.7 cm³/mol. The Hall–Kier alpha value is -2.41. The summed E-state index contributed by atoms with van der Waals surface area (Å²) < 4.78 is 38.7. The first-order valence-corrected chi connectivity index (χ1v) is 6.70. The van der Waals surface area contributed by atoms with E-state index in [2.05, 4.69) is 4.98 Å². The Labute approximate surface area is 127 Å². The van der Waals surface area contributed by atoms with Gasteiger partial charge >= 0.3 is 6.18 Å². The summed E-state index contributed by atoms with van der Waals surface area (Å²) in [5, 5.41) is 1.82. The quantitative estimate of drug-likeness (QED) is 0.686. The highest BCUT2D eigenvalue weighted by Crippen LogP contribution is 2.26. The van der Waals surface area contributed by atoms with Gasteiger partial charge in [0.1, 0.15) is 5.69 Å². The minimum Gasteiger partial charge on any atom is -0.328 e.